The summed E-state index contributed by atoms with van der Waals surface area (Å²) in [7, 11) is 0. The molecule has 0 aromatic heterocycles. The van der Waals surface area contributed by atoms with Gasteiger partial charge in [-0.15, -0.1) is 0 Å². The van der Waals surface area contributed by atoms with Crippen LogP contribution in [0.25, 0.3) is 0 Å². The SMILES string of the molecule is C1=CCCC(NC2=CCCC(NC3C=CC=CC3)=N2)=C1. The molecule has 0 fully saturated rings. The molecular weight excluding hydrogens is 246 g/mol. The van der Waals surface area contributed by atoms with Crippen molar-refractivity contribution in [1.29, 1.82) is 0 Å². The van der Waals surface area contributed by atoms with Crippen molar-refractivity contribution in [3.63, 3.8) is 0 Å². The molecule has 2 N–H and O–H groups in total. The monoisotopic (exact) mass is 267 g/mol. The van der Waals surface area contributed by atoms with Gasteiger partial charge >= 0.3 is 0 Å². The molecule has 0 spiro atoms. The number of hydrogen-bond acceptors (Lipinski definition) is 3. The summed E-state index contributed by atoms with van der Waals surface area (Å²) in [5.41, 5.74) is 1.25. The molecule has 0 amide bonds. The van der Waals surface area contributed by atoms with Crippen molar-refractivity contribution >= 4 is 5.84 Å². The van der Waals surface area contributed by atoms with Crippen molar-refractivity contribution < 1.29 is 0 Å². The molecule has 104 valence electrons. The number of aliphatic imine (C=N–C) groups is 1. The van der Waals surface area contributed by atoms with Crippen LogP contribution in [0.3, 0.4) is 0 Å². The van der Waals surface area contributed by atoms with Crippen LogP contribution < -0.4 is 10.6 Å². The van der Waals surface area contributed by atoms with Crippen LogP contribution in [0.5, 0.6) is 0 Å². The van der Waals surface area contributed by atoms with Crippen LogP contribution in [0, 0.1) is 0 Å². The highest BCUT2D eigenvalue weighted by atomic mass is 15.1. The Morgan fingerprint density at radius 1 is 1.05 bits per heavy atom. The summed E-state index contributed by atoms with van der Waals surface area (Å²) in [6.07, 6.45) is 22.5. The summed E-state index contributed by atoms with van der Waals surface area (Å²) < 4.78 is 0. The lowest BCUT2D eigenvalue weighted by atomic mass is 10.1. The fraction of sp³-hybridized carbons (Fsp3) is 0.353. The lowest BCUT2D eigenvalue weighted by Crippen LogP contribution is -2.35. The van der Waals surface area contributed by atoms with Crippen LogP contribution in [0.15, 0.2) is 65.1 Å². The number of hydrogen-bond donors (Lipinski definition) is 2. The fourth-order valence-electron chi connectivity index (χ4n) is 2.55. The summed E-state index contributed by atoms with van der Waals surface area (Å²) in [6, 6.07) is 0.384. The third-order valence-corrected chi connectivity index (χ3v) is 3.61. The molecule has 1 unspecified atom stereocenters. The summed E-state index contributed by atoms with van der Waals surface area (Å²) in [5, 5.41) is 6.96. The van der Waals surface area contributed by atoms with E-state index in [0.717, 1.165) is 43.8 Å². The first-order chi connectivity index (χ1) is 9.90. The Labute approximate surface area is 120 Å². The highest BCUT2D eigenvalue weighted by Crippen LogP contribution is 2.15. The Morgan fingerprint density at radius 3 is 2.85 bits per heavy atom. The summed E-state index contributed by atoms with van der Waals surface area (Å²) >= 11 is 0. The van der Waals surface area contributed by atoms with E-state index < -0.39 is 0 Å². The van der Waals surface area contributed by atoms with Crippen molar-refractivity contribution in [2.75, 3.05) is 0 Å². The van der Waals surface area contributed by atoms with Crippen molar-refractivity contribution in [3.05, 3.63) is 60.1 Å². The minimum absolute atomic E-state index is 0.384. The Bertz CT molecular complexity index is 532. The van der Waals surface area contributed by atoms with Crippen molar-refractivity contribution in [2.45, 2.75) is 38.1 Å². The zero-order valence-corrected chi connectivity index (χ0v) is 11.7. The van der Waals surface area contributed by atoms with Crippen LogP contribution >= 0.6 is 0 Å². The lowest BCUT2D eigenvalue weighted by Gasteiger charge is -2.21. The van der Waals surface area contributed by atoms with Crippen LogP contribution in [0.4, 0.5) is 0 Å². The summed E-state index contributed by atoms with van der Waals surface area (Å²) in [6.45, 7) is 0. The van der Waals surface area contributed by atoms with Gasteiger partial charge < -0.3 is 10.6 Å². The Hall–Kier alpha value is -2.03. The second-order valence-electron chi connectivity index (χ2n) is 5.27. The molecule has 2 aliphatic carbocycles. The quantitative estimate of drug-likeness (QED) is 0.823. The second-order valence-corrected chi connectivity index (χ2v) is 5.27. The third-order valence-electron chi connectivity index (χ3n) is 3.61. The zero-order chi connectivity index (χ0) is 13.6. The molecule has 0 saturated heterocycles. The van der Waals surface area contributed by atoms with E-state index in [-0.39, 0.29) is 0 Å². The number of nitrogens with one attached hydrogen (secondary N) is 2. The van der Waals surface area contributed by atoms with E-state index in [1.165, 1.54) is 5.70 Å². The molecule has 0 radical (unpaired) electrons. The highest BCUT2D eigenvalue weighted by molar-refractivity contribution is 5.84. The van der Waals surface area contributed by atoms with Gasteiger partial charge in [0.2, 0.25) is 0 Å². The summed E-state index contributed by atoms with van der Waals surface area (Å²) in [4.78, 5) is 4.70. The van der Waals surface area contributed by atoms with Gasteiger partial charge in [-0.2, -0.15) is 0 Å². The smallest absolute Gasteiger partial charge is 0.128 e. The van der Waals surface area contributed by atoms with Crippen LogP contribution in [-0.2, 0) is 0 Å². The maximum absolute atomic E-state index is 4.70. The van der Waals surface area contributed by atoms with Crippen molar-refractivity contribution in [1.82, 2.24) is 10.6 Å². The largest absolute Gasteiger partial charge is 0.367 e. The van der Waals surface area contributed by atoms with E-state index in [0.29, 0.717) is 6.04 Å². The molecular formula is C17H21N3. The minimum Gasteiger partial charge on any atom is -0.367 e. The number of amidine groups is 1. The molecule has 1 heterocycles. The van der Waals surface area contributed by atoms with Gasteiger partial charge in [0.25, 0.3) is 0 Å². The first-order valence-corrected chi connectivity index (χ1v) is 7.40. The second kappa shape index (κ2) is 6.42. The maximum Gasteiger partial charge on any atom is 0.128 e. The molecule has 3 rings (SSSR count). The molecule has 3 aliphatic rings. The number of nitrogens with zero attached hydrogens (tertiary/aromatic N) is 1. The van der Waals surface area contributed by atoms with Crippen LogP contribution in [0.2, 0.25) is 0 Å². The van der Waals surface area contributed by atoms with E-state index >= 15 is 0 Å². The fourth-order valence-corrected chi connectivity index (χ4v) is 2.55. The Kier molecular flexibility index (Phi) is 4.16. The van der Waals surface area contributed by atoms with Gasteiger partial charge in [0, 0.05) is 18.2 Å². The molecule has 1 aliphatic heterocycles. The van der Waals surface area contributed by atoms with Gasteiger partial charge in [0.05, 0.1) is 0 Å². The predicted octanol–water partition coefficient (Wildman–Crippen LogP) is 3.32. The minimum atomic E-state index is 0.384. The maximum atomic E-state index is 4.70. The van der Waals surface area contributed by atoms with E-state index in [1.807, 2.05) is 0 Å². The van der Waals surface area contributed by atoms with Gasteiger partial charge in [-0.25, -0.2) is 4.99 Å². The first kappa shape index (κ1) is 13.0. The topological polar surface area (TPSA) is 36.4 Å². The Morgan fingerprint density at radius 2 is 2.05 bits per heavy atom. The first-order valence-electron chi connectivity index (χ1n) is 7.40. The van der Waals surface area contributed by atoms with E-state index in [1.54, 1.807) is 0 Å². The number of rotatable bonds is 3. The molecule has 0 aromatic rings. The van der Waals surface area contributed by atoms with Crippen LogP contribution in [-0.4, -0.2) is 11.9 Å². The lowest BCUT2D eigenvalue weighted by molar-refractivity contribution is 0.709. The molecule has 0 bridgehead atoms. The molecule has 0 aromatic carbocycles. The highest BCUT2D eigenvalue weighted by Gasteiger charge is 2.12. The van der Waals surface area contributed by atoms with Gasteiger partial charge in [0.15, 0.2) is 0 Å². The molecule has 1 atom stereocenters. The molecule has 0 saturated carbocycles. The zero-order valence-electron chi connectivity index (χ0n) is 11.7. The average Bonchev–Trinajstić information content (AvgIpc) is 2.50. The van der Waals surface area contributed by atoms with Gasteiger partial charge in [0.1, 0.15) is 11.7 Å². The van der Waals surface area contributed by atoms with Gasteiger partial charge in [-0.1, -0.05) is 36.5 Å². The van der Waals surface area contributed by atoms with E-state index in [4.69, 9.17) is 4.99 Å². The Balaban J connectivity index is 1.60. The van der Waals surface area contributed by atoms with Crippen molar-refractivity contribution in [3.8, 4) is 0 Å². The molecule has 3 heteroatoms. The predicted molar refractivity (Wildman–Crippen MR) is 84.2 cm³/mol. The normalized spacial score (nSPS) is 24.8. The van der Waals surface area contributed by atoms with Crippen LogP contribution in [0.1, 0.15) is 32.1 Å². The van der Waals surface area contributed by atoms with Crippen molar-refractivity contribution in [2.24, 2.45) is 4.99 Å². The third kappa shape index (κ3) is 3.50. The molecule has 20 heavy (non-hydrogen) atoms. The van der Waals surface area contributed by atoms with E-state index in [2.05, 4.69) is 59.2 Å². The number of allylic oxidation sites excluding steroid dienone is 7. The standard InChI is InChI=1S/C17H21N3/c1-3-8-14(9-4-1)18-16-12-7-13-17(20-16)19-15-10-5-2-6-11-15/h1-5,8,10,13-14,19H,6-7,9,11-12H2,(H,18,20). The average molecular weight is 267 g/mol. The van der Waals surface area contributed by atoms with Gasteiger partial charge in [-0.3, -0.25) is 0 Å². The molecule has 3 nitrogen and oxygen atoms in total. The van der Waals surface area contributed by atoms with Gasteiger partial charge in [-0.05, 0) is 37.8 Å². The summed E-state index contributed by atoms with van der Waals surface area (Å²) in [5.74, 6) is 2.07. The van der Waals surface area contributed by atoms with E-state index in [9.17, 15) is 0 Å².